The maximum absolute atomic E-state index is 13.4. The van der Waals surface area contributed by atoms with E-state index in [0.717, 1.165) is 10.5 Å². The van der Waals surface area contributed by atoms with Gasteiger partial charge in [-0.1, -0.05) is 47.7 Å². The van der Waals surface area contributed by atoms with Crippen molar-refractivity contribution in [2.75, 3.05) is 10.6 Å². The third kappa shape index (κ3) is 5.49. The van der Waals surface area contributed by atoms with E-state index in [9.17, 15) is 14.4 Å². The van der Waals surface area contributed by atoms with E-state index >= 15 is 0 Å². The Labute approximate surface area is 218 Å². The SMILES string of the molecule is Cc1ccc(NC2=C(Sc3ccc(NC(=O)c4ccccc4)cc3)C(=O)N(Cc3ccco3)C2=O)cc1. The highest BCUT2D eigenvalue weighted by Gasteiger charge is 2.39. The molecule has 0 unspecified atom stereocenters. The van der Waals surface area contributed by atoms with Crippen LogP contribution in [0.4, 0.5) is 11.4 Å². The van der Waals surface area contributed by atoms with Crippen molar-refractivity contribution in [1.29, 1.82) is 0 Å². The monoisotopic (exact) mass is 509 g/mol. The van der Waals surface area contributed by atoms with Crippen molar-refractivity contribution in [2.24, 2.45) is 0 Å². The van der Waals surface area contributed by atoms with Gasteiger partial charge >= 0.3 is 0 Å². The lowest BCUT2D eigenvalue weighted by Gasteiger charge is -2.13. The third-order valence-electron chi connectivity index (χ3n) is 5.71. The summed E-state index contributed by atoms with van der Waals surface area (Å²) in [6.07, 6.45) is 1.51. The second-order valence-corrected chi connectivity index (χ2v) is 9.50. The zero-order valence-electron chi connectivity index (χ0n) is 19.9. The van der Waals surface area contributed by atoms with Crippen LogP contribution in [0, 0.1) is 6.92 Å². The first kappa shape index (κ1) is 24.1. The molecule has 2 N–H and O–H groups in total. The molecule has 0 atom stereocenters. The van der Waals surface area contributed by atoms with Crippen molar-refractivity contribution < 1.29 is 18.8 Å². The van der Waals surface area contributed by atoms with E-state index in [-0.39, 0.29) is 18.1 Å². The summed E-state index contributed by atoms with van der Waals surface area (Å²) in [5.74, 6) is -0.515. The van der Waals surface area contributed by atoms with Gasteiger partial charge in [0.1, 0.15) is 16.4 Å². The van der Waals surface area contributed by atoms with E-state index in [4.69, 9.17) is 4.42 Å². The van der Waals surface area contributed by atoms with Gasteiger partial charge in [-0.15, -0.1) is 0 Å². The summed E-state index contributed by atoms with van der Waals surface area (Å²) in [6, 6.07) is 27.1. The number of anilines is 2. The van der Waals surface area contributed by atoms with Crippen molar-refractivity contribution in [3.05, 3.63) is 125 Å². The molecule has 184 valence electrons. The van der Waals surface area contributed by atoms with Gasteiger partial charge in [0.15, 0.2) is 0 Å². The zero-order valence-corrected chi connectivity index (χ0v) is 20.7. The summed E-state index contributed by atoms with van der Waals surface area (Å²) in [7, 11) is 0. The van der Waals surface area contributed by atoms with E-state index in [2.05, 4.69) is 10.6 Å². The molecule has 1 aliphatic rings. The van der Waals surface area contributed by atoms with Crippen LogP contribution in [0.5, 0.6) is 0 Å². The molecule has 0 saturated carbocycles. The predicted octanol–water partition coefficient (Wildman–Crippen LogP) is 5.83. The summed E-state index contributed by atoms with van der Waals surface area (Å²) < 4.78 is 5.36. The molecule has 2 heterocycles. The van der Waals surface area contributed by atoms with E-state index in [1.165, 1.54) is 22.9 Å². The molecule has 4 aromatic rings. The minimum absolute atomic E-state index is 0.0399. The van der Waals surface area contributed by atoms with Crippen molar-refractivity contribution >= 4 is 40.9 Å². The van der Waals surface area contributed by atoms with Crippen LogP contribution in [0.2, 0.25) is 0 Å². The van der Waals surface area contributed by atoms with Crippen LogP contribution >= 0.6 is 11.8 Å². The second-order valence-electron chi connectivity index (χ2n) is 8.42. The number of furan rings is 1. The summed E-state index contributed by atoms with van der Waals surface area (Å²) in [6.45, 7) is 2.02. The fourth-order valence-electron chi connectivity index (χ4n) is 3.76. The lowest BCUT2D eigenvalue weighted by Crippen LogP contribution is -2.31. The fraction of sp³-hybridized carbons (Fsp3) is 0.0690. The quantitative estimate of drug-likeness (QED) is 0.291. The van der Waals surface area contributed by atoms with Gasteiger partial charge in [-0.25, -0.2) is 0 Å². The summed E-state index contributed by atoms with van der Waals surface area (Å²) >= 11 is 1.20. The van der Waals surface area contributed by atoms with Gasteiger partial charge in [-0.05, 0) is 67.6 Å². The largest absolute Gasteiger partial charge is 0.467 e. The van der Waals surface area contributed by atoms with Crippen molar-refractivity contribution in [2.45, 2.75) is 18.4 Å². The minimum atomic E-state index is -0.420. The molecule has 1 aliphatic heterocycles. The first-order valence-corrected chi connectivity index (χ1v) is 12.4. The molecule has 0 spiro atoms. The summed E-state index contributed by atoms with van der Waals surface area (Å²) in [4.78, 5) is 41.3. The Hall–Kier alpha value is -4.56. The summed E-state index contributed by atoms with van der Waals surface area (Å²) in [5, 5.41) is 6.00. The van der Waals surface area contributed by atoms with E-state index in [1.54, 1.807) is 60.7 Å². The number of hydrogen-bond donors (Lipinski definition) is 2. The molecule has 0 saturated heterocycles. The molecule has 3 aromatic carbocycles. The average Bonchev–Trinajstić information content (AvgIpc) is 3.51. The number of nitrogens with zero attached hydrogens (tertiary/aromatic N) is 1. The first-order valence-electron chi connectivity index (χ1n) is 11.6. The van der Waals surface area contributed by atoms with E-state index < -0.39 is 11.8 Å². The fourth-order valence-corrected chi connectivity index (χ4v) is 4.70. The lowest BCUT2D eigenvalue weighted by molar-refractivity contribution is -0.138. The highest BCUT2D eigenvalue weighted by atomic mass is 32.2. The number of rotatable bonds is 8. The number of benzene rings is 3. The number of imide groups is 1. The molecule has 3 amide bonds. The standard InChI is InChI=1S/C29H23N3O4S/c1-19-9-11-21(12-10-19)30-25-26(29(35)32(28(25)34)18-23-8-5-17-36-23)37-24-15-13-22(14-16-24)31-27(33)20-6-3-2-4-7-20/h2-17,30H,18H2,1H3,(H,31,33). The number of amides is 3. The smallest absolute Gasteiger partial charge is 0.278 e. The average molecular weight is 510 g/mol. The molecule has 0 radical (unpaired) electrons. The molecule has 1 aromatic heterocycles. The van der Waals surface area contributed by atoms with Crippen molar-refractivity contribution in [3.63, 3.8) is 0 Å². The Balaban J connectivity index is 1.37. The number of nitrogens with one attached hydrogen (secondary N) is 2. The highest BCUT2D eigenvalue weighted by molar-refractivity contribution is 8.04. The van der Waals surface area contributed by atoms with E-state index in [0.29, 0.717) is 27.6 Å². The topological polar surface area (TPSA) is 91.7 Å². The Morgan fingerprint density at radius 2 is 1.54 bits per heavy atom. The predicted molar refractivity (Wildman–Crippen MR) is 143 cm³/mol. The van der Waals surface area contributed by atoms with Crippen molar-refractivity contribution in [3.8, 4) is 0 Å². The lowest BCUT2D eigenvalue weighted by atomic mass is 10.2. The maximum atomic E-state index is 13.4. The maximum Gasteiger partial charge on any atom is 0.278 e. The Kier molecular flexibility index (Phi) is 6.91. The van der Waals surface area contributed by atoms with Crippen LogP contribution in [-0.2, 0) is 16.1 Å². The summed E-state index contributed by atoms with van der Waals surface area (Å²) in [5.41, 5.74) is 3.19. The van der Waals surface area contributed by atoms with Gasteiger partial charge in [0, 0.05) is 21.8 Å². The minimum Gasteiger partial charge on any atom is -0.467 e. The normalized spacial score (nSPS) is 13.3. The van der Waals surface area contributed by atoms with Crippen LogP contribution in [0.15, 0.2) is 117 Å². The van der Waals surface area contributed by atoms with Crippen LogP contribution in [0.3, 0.4) is 0 Å². The number of thioether (sulfide) groups is 1. The van der Waals surface area contributed by atoms with E-state index in [1.807, 2.05) is 37.3 Å². The molecular formula is C29H23N3O4S. The third-order valence-corrected chi connectivity index (χ3v) is 6.80. The van der Waals surface area contributed by atoms with Crippen LogP contribution in [-0.4, -0.2) is 22.6 Å². The molecular weight excluding hydrogens is 486 g/mol. The second kappa shape index (κ2) is 10.6. The van der Waals surface area contributed by atoms with Gasteiger partial charge < -0.3 is 15.1 Å². The molecule has 8 heteroatoms. The van der Waals surface area contributed by atoms with Gasteiger partial charge in [0.05, 0.1) is 12.8 Å². The molecule has 5 rings (SSSR count). The number of carbonyl (C=O) groups excluding carboxylic acids is 3. The molecule has 0 fully saturated rings. The Bertz CT molecular complexity index is 1460. The van der Waals surface area contributed by atoms with Crippen molar-refractivity contribution in [1.82, 2.24) is 4.90 Å². The number of hydrogen-bond acceptors (Lipinski definition) is 6. The molecule has 0 aliphatic carbocycles. The molecule has 7 nitrogen and oxygen atoms in total. The Morgan fingerprint density at radius 1 is 0.838 bits per heavy atom. The molecule has 0 bridgehead atoms. The van der Waals surface area contributed by atoms with Gasteiger partial charge in [-0.2, -0.15) is 0 Å². The van der Waals surface area contributed by atoms with Gasteiger partial charge in [0.2, 0.25) is 0 Å². The van der Waals surface area contributed by atoms with Crippen LogP contribution < -0.4 is 10.6 Å². The number of carbonyl (C=O) groups is 3. The number of aryl methyl sites for hydroxylation is 1. The first-order chi connectivity index (χ1) is 18.0. The zero-order chi connectivity index (χ0) is 25.8. The van der Waals surface area contributed by atoms with Crippen LogP contribution in [0.25, 0.3) is 0 Å². The highest BCUT2D eigenvalue weighted by Crippen LogP contribution is 2.37. The van der Waals surface area contributed by atoms with Crippen LogP contribution in [0.1, 0.15) is 21.7 Å². The Morgan fingerprint density at radius 3 is 2.22 bits per heavy atom. The van der Waals surface area contributed by atoms with Gasteiger partial charge in [0.25, 0.3) is 17.7 Å². The van der Waals surface area contributed by atoms with Gasteiger partial charge in [-0.3, -0.25) is 19.3 Å². The molecule has 37 heavy (non-hydrogen) atoms.